The van der Waals surface area contributed by atoms with Crippen LogP contribution in [0.25, 0.3) is 11.0 Å². The molecule has 1 N–H and O–H groups in total. The predicted molar refractivity (Wildman–Crippen MR) is 160 cm³/mol. The molecule has 1 saturated heterocycles. The Balaban J connectivity index is 1.30. The maximum Gasteiger partial charge on any atom is 0.329 e. The topological polar surface area (TPSA) is 45.4 Å². The molecule has 0 saturated carbocycles. The van der Waals surface area contributed by atoms with Gasteiger partial charge >= 0.3 is 5.69 Å². The van der Waals surface area contributed by atoms with Gasteiger partial charge in [-0.3, -0.25) is 9.13 Å². The van der Waals surface area contributed by atoms with Gasteiger partial charge in [0.2, 0.25) is 0 Å². The van der Waals surface area contributed by atoms with E-state index in [4.69, 9.17) is 12.2 Å². The summed E-state index contributed by atoms with van der Waals surface area (Å²) in [6, 6.07) is 29.3. The van der Waals surface area contributed by atoms with Gasteiger partial charge in [-0.1, -0.05) is 72.8 Å². The quantitative estimate of drug-likeness (QED) is 0.325. The van der Waals surface area contributed by atoms with Crippen LogP contribution < -0.4 is 11.0 Å². The van der Waals surface area contributed by atoms with Crippen molar-refractivity contribution < 1.29 is 0 Å². The van der Waals surface area contributed by atoms with E-state index >= 15 is 0 Å². The predicted octanol–water partition coefficient (Wildman–Crippen LogP) is 5.06. The lowest BCUT2D eigenvalue weighted by Gasteiger charge is -2.35. The van der Waals surface area contributed by atoms with Crippen LogP contribution in [0.15, 0.2) is 89.7 Å². The number of nitrogens with one attached hydrogen (secondary N) is 1. The Bertz CT molecular complexity index is 1370. The Morgan fingerprint density at radius 1 is 0.895 bits per heavy atom. The molecule has 5 rings (SSSR count). The highest BCUT2D eigenvalue weighted by Crippen LogP contribution is 2.27. The summed E-state index contributed by atoms with van der Waals surface area (Å²) >= 11 is 5.92. The van der Waals surface area contributed by atoms with Gasteiger partial charge in [-0.05, 0) is 75.4 Å². The summed E-state index contributed by atoms with van der Waals surface area (Å²) in [4.78, 5) is 18.0. The van der Waals surface area contributed by atoms with E-state index in [1.807, 2.05) is 33.4 Å². The molecule has 1 aromatic heterocycles. The van der Waals surface area contributed by atoms with Crippen molar-refractivity contribution in [2.45, 2.75) is 37.9 Å². The van der Waals surface area contributed by atoms with Crippen molar-refractivity contribution in [3.8, 4) is 0 Å². The molecule has 1 aliphatic rings. The summed E-state index contributed by atoms with van der Waals surface area (Å²) in [6.45, 7) is 3.33. The lowest BCUT2D eigenvalue weighted by Crippen LogP contribution is -2.46. The molecular weight excluding hydrogens is 490 g/mol. The zero-order valence-electron chi connectivity index (χ0n) is 22.3. The SMILES string of the molecule is CN(C)CCCn1c(=O)n(C2CCN(C(=S)NC(c3ccccc3)c3ccccc3)CC2)c2ccccc21. The number of para-hydroxylation sites is 2. The van der Waals surface area contributed by atoms with Crippen molar-refractivity contribution in [2.75, 3.05) is 33.7 Å². The zero-order chi connectivity index (χ0) is 26.5. The van der Waals surface area contributed by atoms with Crippen molar-refractivity contribution in [1.82, 2.24) is 24.3 Å². The average molecular weight is 528 g/mol. The van der Waals surface area contributed by atoms with Crippen LogP contribution in [0.3, 0.4) is 0 Å². The second kappa shape index (κ2) is 12.0. The summed E-state index contributed by atoms with van der Waals surface area (Å²) in [7, 11) is 4.14. The molecule has 0 spiro atoms. The third-order valence-corrected chi connectivity index (χ3v) is 7.88. The molecule has 198 valence electrons. The Kier molecular flexibility index (Phi) is 8.25. The minimum Gasteiger partial charge on any atom is -0.352 e. The van der Waals surface area contributed by atoms with Crippen molar-refractivity contribution in [1.29, 1.82) is 0 Å². The number of imidazole rings is 1. The molecule has 1 fully saturated rings. The fourth-order valence-corrected chi connectivity index (χ4v) is 5.84. The normalized spacial score (nSPS) is 14.5. The Morgan fingerprint density at radius 2 is 1.45 bits per heavy atom. The van der Waals surface area contributed by atoms with Crippen LogP contribution in [-0.2, 0) is 6.54 Å². The van der Waals surface area contributed by atoms with E-state index in [1.165, 1.54) is 11.1 Å². The summed E-state index contributed by atoms with van der Waals surface area (Å²) in [5, 5.41) is 4.40. The lowest BCUT2D eigenvalue weighted by molar-refractivity contribution is 0.262. The maximum atomic E-state index is 13.6. The fraction of sp³-hybridized carbons (Fsp3) is 0.355. The first-order valence-electron chi connectivity index (χ1n) is 13.5. The summed E-state index contributed by atoms with van der Waals surface area (Å²) in [5.41, 5.74) is 4.55. The number of hydrogen-bond donors (Lipinski definition) is 1. The molecule has 0 atom stereocenters. The number of aryl methyl sites for hydroxylation is 1. The summed E-state index contributed by atoms with van der Waals surface area (Å²) < 4.78 is 4.00. The molecule has 38 heavy (non-hydrogen) atoms. The van der Waals surface area contributed by atoms with Gasteiger partial charge in [0.1, 0.15) is 0 Å². The van der Waals surface area contributed by atoms with Gasteiger partial charge in [-0.2, -0.15) is 0 Å². The standard InChI is InChI=1S/C31H37N5OS/c1-33(2)20-11-21-35-27-16-9-10-17-28(27)36(31(35)37)26-18-22-34(23-19-26)30(38)32-29(24-12-5-3-6-13-24)25-14-7-4-8-15-25/h3-10,12-17,26,29H,11,18-23H2,1-2H3,(H,32,38). The molecule has 0 unspecified atom stereocenters. The van der Waals surface area contributed by atoms with Gasteiger partial charge in [0.25, 0.3) is 0 Å². The summed E-state index contributed by atoms with van der Waals surface area (Å²) in [5.74, 6) is 0. The van der Waals surface area contributed by atoms with Crippen molar-refractivity contribution in [3.05, 3.63) is 107 Å². The molecule has 0 aliphatic carbocycles. The van der Waals surface area contributed by atoms with Crippen molar-refractivity contribution >= 4 is 28.4 Å². The number of hydrogen-bond acceptors (Lipinski definition) is 3. The fourth-order valence-electron chi connectivity index (χ4n) is 5.54. The highest BCUT2D eigenvalue weighted by molar-refractivity contribution is 7.80. The number of likely N-dealkylation sites (tertiary alicyclic amines) is 1. The van der Waals surface area contributed by atoms with E-state index in [1.54, 1.807) is 0 Å². The highest BCUT2D eigenvalue weighted by Gasteiger charge is 2.27. The van der Waals surface area contributed by atoms with E-state index < -0.39 is 0 Å². The minimum absolute atomic E-state index is 0.00890. The second-order valence-electron chi connectivity index (χ2n) is 10.4. The van der Waals surface area contributed by atoms with E-state index in [2.05, 4.69) is 89.9 Å². The summed E-state index contributed by atoms with van der Waals surface area (Å²) in [6.07, 6.45) is 2.72. The van der Waals surface area contributed by atoms with E-state index in [0.717, 1.165) is 61.6 Å². The lowest BCUT2D eigenvalue weighted by atomic mass is 9.99. The van der Waals surface area contributed by atoms with Crippen molar-refractivity contribution in [2.24, 2.45) is 0 Å². The Labute approximate surface area is 230 Å². The highest BCUT2D eigenvalue weighted by atomic mass is 32.1. The molecule has 2 heterocycles. The van der Waals surface area contributed by atoms with Crippen LogP contribution in [0.1, 0.15) is 42.5 Å². The van der Waals surface area contributed by atoms with Gasteiger partial charge in [-0.25, -0.2) is 4.79 Å². The molecule has 3 aromatic carbocycles. The van der Waals surface area contributed by atoms with Gasteiger partial charge in [-0.15, -0.1) is 0 Å². The van der Waals surface area contributed by atoms with Crippen LogP contribution in [0.4, 0.5) is 0 Å². The van der Waals surface area contributed by atoms with Crippen molar-refractivity contribution in [3.63, 3.8) is 0 Å². The number of piperidine rings is 1. The van der Waals surface area contributed by atoms with Crippen LogP contribution in [0.2, 0.25) is 0 Å². The van der Waals surface area contributed by atoms with Gasteiger partial charge in [0.05, 0.1) is 17.1 Å². The molecule has 0 bridgehead atoms. The number of benzene rings is 3. The number of nitrogens with zero attached hydrogens (tertiary/aromatic N) is 4. The number of rotatable bonds is 8. The van der Waals surface area contributed by atoms with E-state index in [9.17, 15) is 4.79 Å². The number of aromatic nitrogens is 2. The van der Waals surface area contributed by atoms with Crippen LogP contribution in [0.5, 0.6) is 0 Å². The third kappa shape index (κ3) is 5.69. The minimum atomic E-state index is -0.00890. The largest absolute Gasteiger partial charge is 0.352 e. The van der Waals surface area contributed by atoms with Gasteiger partial charge in [0, 0.05) is 25.7 Å². The molecule has 0 radical (unpaired) electrons. The Morgan fingerprint density at radius 3 is 2.03 bits per heavy atom. The molecule has 6 nitrogen and oxygen atoms in total. The molecule has 1 aliphatic heterocycles. The molecule has 4 aromatic rings. The Hall–Kier alpha value is -3.42. The first-order valence-corrected chi connectivity index (χ1v) is 13.9. The van der Waals surface area contributed by atoms with E-state index in [0.29, 0.717) is 0 Å². The first-order chi connectivity index (χ1) is 18.5. The van der Waals surface area contributed by atoms with Gasteiger partial charge in [0.15, 0.2) is 5.11 Å². The zero-order valence-corrected chi connectivity index (χ0v) is 23.1. The molecule has 7 heteroatoms. The van der Waals surface area contributed by atoms with Crippen LogP contribution >= 0.6 is 12.2 Å². The number of thiocarbonyl (C=S) groups is 1. The smallest absolute Gasteiger partial charge is 0.329 e. The van der Waals surface area contributed by atoms with Crippen LogP contribution in [0, 0.1) is 0 Å². The molecular formula is C31H37N5OS. The monoisotopic (exact) mass is 527 g/mol. The maximum absolute atomic E-state index is 13.6. The van der Waals surface area contributed by atoms with E-state index in [-0.39, 0.29) is 17.8 Å². The van der Waals surface area contributed by atoms with Crippen LogP contribution in [-0.4, -0.2) is 57.8 Å². The third-order valence-electron chi connectivity index (χ3n) is 7.51. The average Bonchev–Trinajstić information content (AvgIpc) is 3.23. The van der Waals surface area contributed by atoms with Gasteiger partial charge < -0.3 is 15.1 Å². The molecule has 0 amide bonds. The number of fused-ring (bicyclic) bond motifs is 1. The first kappa shape index (κ1) is 26.2. The second-order valence-corrected chi connectivity index (χ2v) is 10.8.